The van der Waals surface area contributed by atoms with Crippen molar-refractivity contribution in [1.29, 1.82) is 5.26 Å². The number of halogens is 1. The van der Waals surface area contributed by atoms with Crippen molar-refractivity contribution >= 4 is 27.7 Å². The van der Waals surface area contributed by atoms with Crippen LogP contribution in [0, 0.1) is 11.3 Å². The van der Waals surface area contributed by atoms with E-state index in [0.29, 0.717) is 34.1 Å². The maximum atomic E-state index is 12.0. The molecule has 0 spiro atoms. The molecule has 0 saturated carbocycles. The molecule has 2 aromatic rings. The Balaban J connectivity index is 2.64. The van der Waals surface area contributed by atoms with Crippen LogP contribution < -0.4 is 10.3 Å². The van der Waals surface area contributed by atoms with E-state index >= 15 is 0 Å². The summed E-state index contributed by atoms with van der Waals surface area (Å²) in [5, 5.41) is 10.4. The van der Waals surface area contributed by atoms with E-state index in [4.69, 9.17) is 4.74 Å². The minimum atomic E-state index is -0.442. The number of H-pyrrole nitrogens is 1. The second-order valence-electron chi connectivity index (χ2n) is 3.94. The zero-order chi connectivity index (χ0) is 15.2. The first kappa shape index (κ1) is 15.6. The zero-order valence-corrected chi connectivity index (χ0v) is 13.6. The Morgan fingerprint density at radius 3 is 2.90 bits per heavy atom. The van der Waals surface area contributed by atoms with Crippen LogP contribution in [-0.2, 0) is 0 Å². The van der Waals surface area contributed by atoms with E-state index in [0.717, 1.165) is 0 Å². The number of nitriles is 1. The Morgan fingerprint density at radius 1 is 1.48 bits per heavy atom. The van der Waals surface area contributed by atoms with Gasteiger partial charge in [0.2, 0.25) is 0 Å². The van der Waals surface area contributed by atoms with E-state index in [-0.39, 0.29) is 5.56 Å². The van der Waals surface area contributed by atoms with Crippen LogP contribution in [0.4, 0.5) is 0 Å². The van der Waals surface area contributed by atoms with Gasteiger partial charge in [0.1, 0.15) is 23.1 Å². The molecule has 0 fully saturated rings. The van der Waals surface area contributed by atoms with Gasteiger partial charge >= 0.3 is 0 Å². The summed E-state index contributed by atoms with van der Waals surface area (Å²) in [6, 6.07) is 9.15. The number of aromatic amines is 1. The highest BCUT2D eigenvalue weighted by atomic mass is 79.9. The molecule has 0 aliphatic heterocycles. The number of rotatable bonds is 5. The van der Waals surface area contributed by atoms with E-state index in [2.05, 4.69) is 25.9 Å². The Kier molecular flexibility index (Phi) is 5.42. The number of alkyl halides is 1. The first-order valence-electron chi connectivity index (χ1n) is 6.07. The summed E-state index contributed by atoms with van der Waals surface area (Å²) in [4.78, 5) is 18.9. The Bertz CT molecular complexity index is 740. The average molecular weight is 366 g/mol. The summed E-state index contributed by atoms with van der Waals surface area (Å²) in [7, 11) is 0. The fourth-order valence-corrected chi connectivity index (χ4v) is 2.32. The van der Waals surface area contributed by atoms with Crippen LogP contribution in [-0.4, -0.2) is 28.2 Å². The van der Waals surface area contributed by atoms with E-state index in [1.807, 2.05) is 18.2 Å². The molecular formula is C14H12BrN3O2S. The third-order valence-corrected chi connectivity index (χ3v) is 3.58. The molecule has 108 valence electrons. The van der Waals surface area contributed by atoms with Crippen LogP contribution in [0.3, 0.4) is 0 Å². The monoisotopic (exact) mass is 365 g/mol. The number of hydrogen-bond donors (Lipinski definition) is 1. The lowest BCUT2D eigenvalue weighted by Crippen LogP contribution is -2.15. The maximum Gasteiger partial charge on any atom is 0.270 e. The predicted molar refractivity (Wildman–Crippen MR) is 86.1 cm³/mol. The van der Waals surface area contributed by atoms with Crippen LogP contribution in [0.25, 0.3) is 11.3 Å². The van der Waals surface area contributed by atoms with E-state index in [1.54, 1.807) is 18.4 Å². The second kappa shape index (κ2) is 7.29. The Morgan fingerprint density at radius 2 is 2.24 bits per heavy atom. The second-order valence-corrected chi connectivity index (χ2v) is 5.53. The van der Waals surface area contributed by atoms with Crippen molar-refractivity contribution in [2.75, 3.05) is 18.2 Å². The van der Waals surface area contributed by atoms with Gasteiger partial charge in [-0.3, -0.25) is 4.79 Å². The van der Waals surface area contributed by atoms with Crippen molar-refractivity contribution in [3.05, 3.63) is 40.2 Å². The van der Waals surface area contributed by atoms with Crippen molar-refractivity contribution in [1.82, 2.24) is 9.97 Å². The van der Waals surface area contributed by atoms with E-state index in [9.17, 15) is 10.1 Å². The summed E-state index contributed by atoms with van der Waals surface area (Å²) in [5.41, 5.74) is 0.525. The average Bonchev–Trinajstić information content (AvgIpc) is 2.52. The van der Waals surface area contributed by atoms with Gasteiger partial charge in [-0.15, -0.1) is 0 Å². The number of para-hydroxylation sites is 1. The zero-order valence-electron chi connectivity index (χ0n) is 11.2. The minimum Gasteiger partial charge on any atom is -0.492 e. The molecule has 0 saturated heterocycles. The smallest absolute Gasteiger partial charge is 0.270 e. The molecule has 21 heavy (non-hydrogen) atoms. The van der Waals surface area contributed by atoms with Gasteiger partial charge in [-0.25, -0.2) is 4.98 Å². The number of nitrogens with zero attached hydrogens (tertiary/aromatic N) is 2. The molecule has 0 aliphatic carbocycles. The summed E-state index contributed by atoms with van der Waals surface area (Å²) in [5.74, 6) is 0.596. The molecule has 0 amide bonds. The van der Waals surface area contributed by atoms with Crippen molar-refractivity contribution in [3.8, 4) is 23.1 Å². The fraction of sp³-hybridized carbons (Fsp3) is 0.214. The van der Waals surface area contributed by atoms with Crippen LogP contribution in [0.2, 0.25) is 0 Å². The molecule has 7 heteroatoms. The maximum absolute atomic E-state index is 12.0. The molecule has 0 radical (unpaired) electrons. The number of hydrogen-bond acceptors (Lipinski definition) is 5. The Hall–Kier alpha value is -1.78. The molecule has 2 rings (SSSR count). The predicted octanol–water partition coefficient (Wildman–Crippen LogP) is 2.80. The molecule has 0 aliphatic rings. The van der Waals surface area contributed by atoms with E-state index < -0.39 is 5.56 Å². The normalized spacial score (nSPS) is 10.1. The summed E-state index contributed by atoms with van der Waals surface area (Å²) >= 11 is 4.61. The third-order valence-electron chi connectivity index (χ3n) is 2.68. The molecule has 0 bridgehead atoms. The standard InChI is InChI=1S/C14H12BrN3O2S/c1-21-14-17-12(10(8-16)13(19)18-14)9-4-2-3-5-11(9)20-7-6-15/h2-5H,6-7H2,1H3,(H,17,18,19). The fourth-order valence-electron chi connectivity index (χ4n) is 1.78. The van der Waals surface area contributed by atoms with Crippen molar-refractivity contribution in [2.45, 2.75) is 5.16 Å². The molecular weight excluding hydrogens is 354 g/mol. The minimum absolute atomic E-state index is 0.0114. The van der Waals surface area contributed by atoms with E-state index in [1.165, 1.54) is 11.8 Å². The molecule has 0 unspecified atom stereocenters. The lowest BCUT2D eigenvalue weighted by molar-refractivity contribution is 0.346. The third kappa shape index (κ3) is 3.46. The molecule has 0 atom stereocenters. The van der Waals surface area contributed by atoms with Gasteiger partial charge in [-0.1, -0.05) is 39.8 Å². The number of benzene rings is 1. The summed E-state index contributed by atoms with van der Waals surface area (Å²) in [6.45, 7) is 0.484. The highest BCUT2D eigenvalue weighted by Gasteiger charge is 2.16. The molecule has 1 aromatic heterocycles. The van der Waals surface area contributed by atoms with Crippen LogP contribution in [0.5, 0.6) is 5.75 Å². The van der Waals surface area contributed by atoms with Gasteiger partial charge in [0, 0.05) is 10.9 Å². The SMILES string of the molecule is CSc1nc(-c2ccccc2OCCBr)c(C#N)c(=O)[nH]1. The quantitative estimate of drug-likeness (QED) is 0.500. The van der Waals surface area contributed by atoms with Crippen LogP contribution >= 0.6 is 27.7 Å². The van der Waals surface area contributed by atoms with Gasteiger partial charge in [0.05, 0.1) is 6.61 Å². The van der Waals surface area contributed by atoms with Crippen molar-refractivity contribution in [2.24, 2.45) is 0 Å². The highest BCUT2D eigenvalue weighted by Crippen LogP contribution is 2.30. The van der Waals surface area contributed by atoms with Gasteiger partial charge < -0.3 is 9.72 Å². The van der Waals surface area contributed by atoms with Gasteiger partial charge in [-0.05, 0) is 18.4 Å². The van der Waals surface area contributed by atoms with Crippen molar-refractivity contribution < 1.29 is 4.74 Å². The molecule has 5 nitrogen and oxygen atoms in total. The largest absolute Gasteiger partial charge is 0.492 e. The number of nitrogens with one attached hydrogen (secondary N) is 1. The highest BCUT2D eigenvalue weighted by molar-refractivity contribution is 9.09. The lowest BCUT2D eigenvalue weighted by Gasteiger charge is -2.11. The van der Waals surface area contributed by atoms with Gasteiger partial charge in [0.15, 0.2) is 5.16 Å². The summed E-state index contributed by atoms with van der Waals surface area (Å²) in [6.07, 6.45) is 1.81. The molecule has 1 heterocycles. The Labute approximate surface area is 134 Å². The number of ether oxygens (including phenoxy) is 1. The number of aromatic nitrogens is 2. The number of thioether (sulfide) groups is 1. The first-order chi connectivity index (χ1) is 10.2. The first-order valence-corrected chi connectivity index (χ1v) is 8.42. The van der Waals surface area contributed by atoms with Crippen molar-refractivity contribution in [3.63, 3.8) is 0 Å². The van der Waals surface area contributed by atoms with Crippen LogP contribution in [0.15, 0.2) is 34.2 Å². The topological polar surface area (TPSA) is 78.8 Å². The van der Waals surface area contributed by atoms with Gasteiger partial charge in [0.25, 0.3) is 5.56 Å². The summed E-state index contributed by atoms with van der Waals surface area (Å²) < 4.78 is 5.64. The lowest BCUT2D eigenvalue weighted by atomic mass is 10.1. The van der Waals surface area contributed by atoms with Crippen LogP contribution in [0.1, 0.15) is 5.56 Å². The molecule has 1 aromatic carbocycles. The van der Waals surface area contributed by atoms with Gasteiger partial charge in [-0.2, -0.15) is 5.26 Å². The molecule has 1 N–H and O–H groups in total.